The lowest BCUT2D eigenvalue weighted by Crippen LogP contribution is -2.53. The lowest BCUT2D eigenvalue weighted by molar-refractivity contribution is 0.0876. The van der Waals surface area contributed by atoms with Gasteiger partial charge in [0.15, 0.2) is 22.6 Å². The molecule has 10 heteroatoms. The van der Waals surface area contributed by atoms with E-state index in [9.17, 15) is 9.59 Å². The molecule has 2 aromatic heterocycles. The minimum absolute atomic E-state index is 0.0594. The number of carbonyl (C=O) groups is 1. The molecule has 1 saturated heterocycles. The largest absolute Gasteiger partial charge is 0.486 e. The summed E-state index contributed by atoms with van der Waals surface area (Å²) < 4.78 is 13.1. The molecule has 0 unspecified atom stereocenters. The van der Waals surface area contributed by atoms with Crippen molar-refractivity contribution in [3.05, 3.63) is 58.0 Å². The first-order chi connectivity index (χ1) is 15.2. The first-order valence-corrected chi connectivity index (χ1v) is 11.1. The second-order valence-electron chi connectivity index (χ2n) is 7.59. The molecule has 31 heavy (non-hydrogen) atoms. The van der Waals surface area contributed by atoms with E-state index in [1.54, 1.807) is 21.6 Å². The second kappa shape index (κ2) is 8.56. The normalized spacial score (nSPS) is 18.8. The standard InChI is InChI=1S/C21H23N5O4S/c27-19-11-15(23-21-26(19)9-10-31-21)13-24-5-7-25(8-6-24)20(28)22-12-16-14-29-17-3-1-2-4-18(17)30-16/h1-4,9-11,16H,5-8,12-14H2,(H,22,28)/t16-/m1/s1. The van der Waals surface area contributed by atoms with Gasteiger partial charge in [-0.1, -0.05) is 12.1 Å². The van der Waals surface area contributed by atoms with Gasteiger partial charge < -0.3 is 19.7 Å². The highest BCUT2D eigenvalue weighted by Gasteiger charge is 2.25. The zero-order valence-corrected chi connectivity index (χ0v) is 17.7. The van der Waals surface area contributed by atoms with Gasteiger partial charge >= 0.3 is 6.03 Å². The molecule has 9 nitrogen and oxygen atoms in total. The van der Waals surface area contributed by atoms with Crippen molar-refractivity contribution in [2.45, 2.75) is 12.6 Å². The smallest absolute Gasteiger partial charge is 0.317 e. The zero-order valence-electron chi connectivity index (χ0n) is 16.9. The number of para-hydroxylation sites is 2. The summed E-state index contributed by atoms with van der Waals surface area (Å²) in [6.45, 7) is 4.11. The molecule has 1 N–H and O–H groups in total. The molecule has 2 aliphatic rings. The average Bonchev–Trinajstić information content (AvgIpc) is 3.27. The van der Waals surface area contributed by atoms with Crippen LogP contribution in [0.4, 0.5) is 4.79 Å². The first kappa shape index (κ1) is 19.8. The lowest BCUT2D eigenvalue weighted by atomic mass is 10.2. The zero-order chi connectivity index (χ0) is 21.2. The van der Waals surface area contributed by atoms with Crippen molar-refractivity contribution in [1.29, 1.82) is 0 Å². The molecule has 162 valence electrons. The summed E-state index contributed by atoms with van der Waals surface area (Å²) in [4.78, 5) is 34.0. The number of thiazole rings is 1. The van der Waals surface area contributed by atoms with E-state index in [1.807, 2.05) is 29.6 Å². The Bertz CT molecular complexity index is 1140. The van der Waals surface area contributed by atoms with Crippen LogP contribution in [0.15, 0.2) is 46.7 Å². The van der Waals surface area contributed by atoms with Gasteiger partial charge in [0.1, 0.15) is 6.61 Å². The molecule has 0 radical (unpaired) electrons. The number of carbonyl (C=O) groups excluding carboxylic acids is 1. The SMILES string of the molecule is O=C(NC[C@@H]1COc2ccccc2O1)N1CCN(Cc2cc(=O)n3ccsc3n2)CC1. The molecule has 3 aromatic rings. The van der Waals surface area contributed by atoms with Gasteiger partial charge in [-0.25, -0.2) is 9.78 Å². The van der Waals surface area contributed by atoms with Crippen LogP contribution in [-0.2, 0) is 6.54 Å². The molecule has 1 fully saturated rings. The Labute approximate surface area is 182 Å². The number of hydrogen-bond donors (Lipinski definition) is 1. The second-order valence-corrected chi connectivity index (χ2v) is 8.46. The Morgan fingerprint density at radius 3 is 2.84 bits per heavy atom. The van der Waals surface area contributed by atoms with Gasteiger partial charge in [0.2, 0.25) is 0 Å². The molecule has 1 atom stereocenters. The van der Waals surface area contributed by atoms with Gasteiger partial charge in [-0.3, -0.25) is 14.1 Å². The average molecular weight is 442 g/mol. The number of hydrogen-bond acceptors (Lipinski definition) is 7. The molecule has 4 heterocycles. The van der Waals surface area contributed by atoms with Gasteiger partial charge in [0.25, 0.3) is 5.56 Å². The molecule has 0 spiro atoms. The fourth-order valence-corrected chi connectivity index (χ4v) is 4.52. The number of fused-ring (bicyclic) bond motifs is 2. The maximum Gasteiger partial charge on any atom is 0.317 e. The van der Waals surface area contributed by atoms with E-state index in [2.05, 4.69) is 15.2 Å². The van der Waals surface area contributed by atoms with Crippen molar-refractivity contribution in [1.82, 2.24) is 24.5 Å². The van der Waals surface area contributed by atoms with E-state index < -0.39 is 0 Å². The summed E-state index contributed by atoms with van der Waals surface area (Å²) in [6.07, 6.45) is 1.53. The van der Waals surface area contributed by atoms with E-state index >= 15 is 0 Å². The fourth-order valence-electron chi connectivity index (χ4n) is 3.78. The third kappa shape index (κ3) is 4.35. The van der Waals surface area contributed by atoms with Crippen LogP contribution < -0.4 is 20.3 Å². The Morgan fingerprint density at radius 1 is 1.19 bits per heavy atom. The van der Waals surface area contributed by atoms with Crippen molar-refractivity contribution < 1.29 is 14.3 Å². The van der Waals surface area contributed by atoms with Crippen molar-refractivity contribution in [2.75, 3.05) is 39.3 Å². The highest BCUT2D eigenvalue weighted by molar-refractivity contribution is 7.15. The molecule has 1 aromatic carbocycles. The maximum absolute atomic E-state index is 12.6. The molecule has 0 aliphatic carbocycles. The summed E-state index contributed by atoms with van der Waals surface area (Å²) >= 11 is 1.45. The van der Waals surface area contributed by atoms with Crippen molar-refractivity contribution in [3.8, 4) is 11.5 Å². The van der Waals surface area contributed by atoms with Crippen molar-refractivity contribution >= 4 is 22.3 Å². The van der Waals surface area contributed by atoms with Crippen LogP contribution in [0.25, 0.3) is 4.96 Å². The summed E-state index contributed by atoms with van der Waals surface area (Å²) in [5, 5.41) is 4.81. The number of benzene rings is 1. The third-order valence-corrected chi connectivity index (χ3v) is 6.21. The van der Waals surface area contributed by atoms with Crippen LogP contribution in [-0.4, -0.2) is 70.7 Å². The van der Waals surface area contributed by atoms with Crippen LogP contribution in [0.1, 0.15) is 5.69 Å². The topological polar surface area (TPSA) is 88.4 Å². The number of piperazine rings is 1. The van der Waals surface area contributed by atoms with Gasteiger partial charge in [-0.05, 0) is 12.1 Å². The van der Waals surface area contributed by atoms with Crippen molar-refractivity contribution in [3.63, 3.8) is 0 Å². The van der Waals surface area contributed by atoms with E-state index in [-0.39, 0.29) is 17.7 Å². The maximum atomic E-state index is 12.6. The van der Waals surface area contributed by atoms with Crippen LogP contribution in [0.3, 0.4) is 0 Å². The Kier molecular flexibility index (Phi) is 5.47. The number of ether oxygens (including phenoxy) is 2. The predicted molar refractivity (Wildman–Crippen MR) is 116 cm³/mol. The Morgan fingerprint density at radius 2 is 2.00 bits per heavy atom. The Balaban J connectivity index is 1.09. The number of amides is 2. The molecular weight excluding hydrogens is 418 g/mol. The number of rotatable bonds is 4. The van der Waals surface area contributed by atoms with Crippen molar-refractivity contribution in [2.24, 2.45) is 0 Å². The van der Waals surface area contributed by atoms with E-state index in [0.29, 0.717) is 43.5 Å². The minimum Gasteiger partial charge on any atom is -0.486 e. The number of nitrogens with one attached hydrogen (secondary N) is 1. The van der Waals surface area contributed by atoms with E-state index in [1.165, 1.54) is 11.3 Å². The summed E-state index contributed by atoms with van der Waals surface area (Å²) in [5.41, 5.74) is 0.705. The van der Waals surface area contributed by atoms with E-state index in [0.717, 1.165) is 24.5 Å². The highest BCUT2D eigenvalue weighted by atomic mass is 32.1. The predicted octanol–water partition coefficient (Wildman–Crippen LogP) is 1.42. The van der Waals surface area contributed by atoms with E-state index in [4.69, 9.17) is 9.47 Å². The molecule has 5 rings (SSSR count). The van der Waals surface area contributed by atoms with Gasteiger partial charge in [-0.2, -0.15) is 0 Å². The molecule has 0 bridgehead atoms. The monoisotopic (exact) mass is 441 g/mol. The van der Waals surface area contributed by atoms with Gasteiger partial charge in [-0.15, -0.1) is 11.3 Å². The fraction of sp³-hybridized carbons (Fsp3) is 0.381. The summed E-state index contributed by atoms with van der Waals surface area (Å²) in [5.74, 6) is 1.44. The Hall–Kier alpha value is -3.11. The molecule has 2 aliphatic heterocycles. The molecule has 2 amide bonds. The summed E-state index contributed by atoms with van der Waals surface area (Å²) in [6, 6.07) is 9.02. The quantitative estimate of drug-likeness (QED) is 0.659. The molecular formula is C21H23N5O4S. The third-order valence-electron chi connectivity index (χ3n) is 5.45. The van der Waals surface area contributed by atoms with Gasteiger partial charge in [0.05, 0.1) is 12.2 Å². The number of nitrogens with zero attached hydrogens (tertiary/aromatic N) is 4. The molecule has 0 saturated carbocycles. The highest BCUT2D eigenvalue weighted by Crippen LogP contribution is 2.30. The minimum atomic E-state index is -0.211. The van der Waals surface area contributed by atoms with Crippen LogP contribution >= 0.6 is 11.3 Å². The number of aromatic nitrogens is 2. The van der Waals surface area contributed by atoms with Crippen LogP contribution in [0.5, 0.6) is 11.5 Å². The summed E-state index contributed by atoms with van der Waals surface area (Å²) in [7, 11) is 0. The number of urea groups is 1. The van der Waals surface area contributed by atoms with Gasteiger partial charge in [0, 0.05) is 50.4 Å². The lowest BCUT2D eigenvalue weighted by Gasteiger charge is -2.35. The first-order valence-electron chi connectivity index (χ1n) is 10.2. The van der Waals surface area contributed by atoms with Crippen LogP contribution in [0.2, 0.25) is 0 Å². The van der Waals surface area contributed by atoms with Crippen LogP contribution in [0, 0.1) is 0 Å².